The van der Waals surface area contributed by atoms with E-state index in [4.69, 9.17) is 9.47 Å². The van der Waals surface area contributed by atoms with Crippen molar-refractivity contribution < 1.29 is 19.1 Å². The highest BCUT2D eigenvalue weighted by molar-refractivity contribution is 6.05. The third-order valence-electron chi connectivity index (χ3n) is 10.5. The number of carbonyl (C=O) groups excluding carboxylic acids is 2. The number of hydrogen-bond donors (Lipinski definition) is 2. The second-order valence-corrected chi connectivity index (χ2v) is 13.8. The minimum absolute atomic E-state index is 0.00390. The van der Waals surface area contributed by atoms with Gasteiger partial charge < -0.3 is 24.7 Å². The second-order valence-electron chi connectivity index (χ2n) is 13.8. The van der Waals surface area contributed by atoms with E-state index < -0.39 is 0 Å². The summed E-state index contributed by atoms with van der Waals surface area (Å²) in [6, 6.07) is 20.8. The first-order chi connectivity index (χ1) is 24.8. The predicted molar refractivity (Wildman–Crippen MR) is 200 cm³/mol. The lowest BCUT2D eigenvalue weighted by Gasteiger charge is -2.32. The highest BCUT2D eigenvalue weighted by atomic mass is 16.5. The van der Waals surface area contributed by atoms with Crippen LogP contribution in [0.3, 0.4) is 0 Å². The predicted octanol–water partition coefficient (Wildman–Crippen LogP) is 6.10. The first kappa shape index (κ1) is 34.2. The number of benzene rings is 3. The molecular formula is C41H45N5O5. The Balaban J connectivity index is 0.928. The molecule has 2 aliphatic heterocycles. The number of aliphatic imine (C=N–C) groups is 1. The summed E-state index contributed by atoms with van der Waals surface area (Å²) in [7, 11) is 5.09. The zero-order valence-electron chi connectivity index (χ0n) is 29.5. The molecule has 1 aliphatic carbocycles. The first-order valence-electron chi connectivity index (χ1n) is 17.7. The van der Waals surface area contributed by atoms with Gasteiger partial charge in [-0.25, -0.2) is 0 Å². The normalized spacial score (nSPS) is 17.7. The van der Waals surface area contributed by atoms with Crippen LogP contribution in [0.25, 0.3) is 11.1 Å². The number of pyridine rings is 1. The zero-order chi connectivity index (χ0) is 35.5. The maximum absolute atomic E-state index is 12.6. The number of nitrogens with zero attached hydrogens (tertiary/aromatic N) is 3. The molecule has 1 unspecified atom stereocenters. The van der Waals surface area contributed by atoms with E-state index in [1.807, 2.05) is 18.3 Å². The van der Waals surface area contributed by atoms with Crippen molar-refractivity contribution in [3.8, 4) is 22.6 Å². The third-order valence-corrected chi connectivity index (χ3v) is 10.5. The Bertz CT molecular complexity index is 1990. The number of carbonyl (C=O) groups is 2. The van der Waals surface area contributed by atoms with Gasteiger partial charge >= 0.3 is 0 Å². The number of ether oxygens (including phenoxy) is 2. The number of ketones is 2. The molecule has 10 heteroatoms. The van der Waals surface area contributed by atoms with Crippen LogP contribution < -0.4 is 25.7 Å². The summed E-state index contributed by atoms with van der Waals surface area (Å²) >= 11 is 0. The van der Waals surface area contributed by atoms with Gasteiger partial charge in [-0.05, 0) is 91.4 Å². The van der Waals surface area contributed by atoms with Crippen molar-refractivity contribution in [2.24, 2.45) is 12.0 Å². The Morgan fingerprint density at radius 2 is 1.57 bits per heavy atom. The lowest BCUT2D eigenvalue weighted by Crippen LogP contribution is -2.35. The number of methoxy groups -OCH3 is 2. The molecule has 2 fully saturated rings. The smallest absolute Gasteiger partial charge is 0.256 e. The molecule has 7 rings (SSSR count). The lowest BCUT2D eigenvalue weighted by molar-refractivity contribution is -0.130. The molecule has 0 amide bonds. The van der Waals surface area contributed by atoms with Gasteiger partial charge in [-0.15, -0.1) is 0 Å². The second kappa shape index (κ2) is 14.9. The largest absolute Gasteiger partial charge is 0.496 e. The summed E-state index contributed by atoms with van der Waals surface area (Å²) < 4.78 is 13.3. The number of piperidine rings is 1. The molecule has 1 saturated heterocycles. The fourth-order valence-corrected chi connectivity index (χ4v) is 7.56. The molecule has 3 aromatic carbocycles. The molecule has 4 aromatic rings. The van der Waals surface area contributed by atoms with Crippen LogP contribution >= 0.6 is 0 Å². The minimum Gasteiger partial charge on any atom is -0.496 e. The Kier molecular flexibility index (Phi) is 10.0. The van der Waals surface area contributed by atoms with Crippen molar-refractivity contribution in [1.29, 1.82) is 0 Å². The van der Waals surface area contributed by atoms with Crippen molar-refractivity contribution in [2.75, 3.05) is 37.9 Å². The van der Waals surface area contributed by atoms with E-state index in [1.165, 1.54) is 11.1 Å². The van der Waals surface area contributed by atoms with E-state index in [2.05, 4.69) is 69.1 Å². The number of rotatable bonds is 11. The summed E-state index contributed by atoms with van der Waals surface area (Å²) in [6.45, 7) is 3.91. The average molecular weight is 688 g/mol. The van der Waals surface area contributed by atoms with Gasteiger partial charge in [-0.1, -0.05) is 24.3 Å². The minimum atomic E-state index is -0.261. The number of fused-ring (bicyclic) bond motifs is 1. The SMILES string of the molecule is COc1cc(-c2cn(C)c(=O)c3c2C=NC3)cc(OC)c1CNc1ccc(CN2CCC(c3ccc(NC4CCC(=O)CC4=O)cc3)CC2)cc1. The summed E-state index contributed by atoms with van der Waals surface area (Å²) in [5, 5.41) is 6.86. The fourth-order valence-electron chi connectivity index (χ4n) is 7.56. The van der Waals surface area contributed by atoms with E-state index in [0.717, 1.165) is 66.1 Å². The number of hydrogen-bond acceptors (Lipinski definition) is 9. The van der Waals surface area contributed by atoms with E-state index in [9.17, 15) is 14.4 Å². The van der Waals surface area contributed by atoms with Gasteiger partial charge in [-0.3, -0.25) is 24.3 Å². The Morgan fingerprint density at radius 3 is 2.24 bits per heavy atom. The van der Waals surface area contributed by atoms with Crippen molar-refractivity contribution in [1.82, 2.24) is 9.47 Å². The standard InChI is InChI=1S/C41H45N5O5/c1-45-25-36(33-21-42-22-34(33)41(45)49)29-18-39(50-2)35(40(19-29)51-3)23-43-30-8-4-26(5-9-30)24-46-16-14-28(15-17-46)27-6-10-31(11-7-27)44-37-13-12-32(47)20-38(37)48/h4-11,18-19,21,25,28,37,43-44H,12-17,20,22-24H2,1-3H3. The molecule has 264 valence electrons. The zero-order valence-corrected chi connectivity index (χ0v) is 29.5. The van der Waals surface area contributed by atoms with Crippen LogP contribution in [-0.4, -0.2) is 60.6 Å². The Labute approximate surface area is 298 Å². The summed E-state index contributed by atoms with van der Waals surface area (Å²) in [5.41, 5.74) is 8.84. The number of Topliss-reactive ketones (excluding diaryl/α,β-unsaturated/α-hetero) is 2. The Hall–Kier alpha value is -5.22. The molecule has 0 spiro atoms. The van der Waals surface area contributed by atoms with Crippen LogP contribution in [0.5, 0.6) is 11.5 Å². The van der Waals surface area contributed by atoms with Gasteiger partial charge in [0.15, 0.2) is 5.78 Å². The van der Waals surface area contributed by atoms with Crippen LogP contribution in [0.15, 0.2) is 76.6 Å². The third kappa shape index (κ3) is 7.46. The molecule has 3 aliphatic rings. The maximum atomic E-state index is 12.6. The molecule has 10 nitrogen and oxygen atoms in total. The van der Waals surface area contributed by atoms with Crippen molar-refractivity contribution >= 4 is 29.2 Å². The molecule has 51 heavy (non-hydrogen) atoms. The molecule has 0 radical (unpaired) electrons. The molecule has 1 atom stereocenters. The van der Waals surface area contributed by atoms with Crippen LogP contribution in [0.4, 0.5) is 11.4 Å². The van der Waals surface area contributed by atoms with Gasteiger partial charge in [-0.2, -0.15) is 0 Å². The van der Waals surface area contributed by atoms with Crippen LogP contribution in [0.1, 0.15) is 65.8 Å². The van der Waals surface area contributed by atoms with E-state index >= 15 is 0 Å². The number of nitrogens with one attached hydrogen (secondary N) is 2. The monoisotopic (exact) mass is 687 g/mol. The molecule has 2 N–H and O–H groups in total. The van der Waals surface area contributed by atoms with Gasteiger partial charge in [0.25, 0.3) is 5.56 Å². The highest BCUT2D eigenvalue weighted by Gasteiger charge is 2.27. The Morgan fingerprint density at radius 1 is 0.882 bits per heavy atom. The molecule has 0 bridgehead atoms. The van der Waals surface area contributed by atoms with E-state index in [-0.39, 0.29) is 29.6 Å². The van der Waals surface area contributed by atoms with Crippen molar-refractivity contribution in [3.05, 3.63) is 105 Å². The van der Waals surface area contributed by atoms with Crippen molar-refractivity contribution in [2.45, 2.75) is 63.7 Å². The maximum Gasteiger partial charge on any atom is 0.256 e. The van der Waals surface area contributed by atoms with E-state index in [0.29, 0.717) is 48.9 Å². The number of likely N-dealkylation sites (tertiary alicyclic amines) is 1. The van der Waals surface area contributed by atoms with Crippen LogP contribution in [-0.2, 0) is 36.3 Å². The van der Waals surface area contributed by atoms with Crippen LogP contribution in [0, 0.1) is 0 Å². The summed E-state index contributed by atoms with van der Waals surface area (Å²) in [5.74, 6) is 1.98. The molecular weight excluding hydrogens is 642 g/mol. The number of anilines is 2. The summed E-state index contributed by atoms with van der Waals surface area (Å²) in [4.78, 5) is 43.2. The van der Waals surface area contributed by atoms with Crippen LogP contribution in [0.2, 0.25) is 0 Å². The average Bonchev–Trinajstić information content (AvgIpc) is 3.65. The lowest BCUT2D eigenvalue weighted by atomic mass is 9.89. The number of aryl methyl sites for hydroxylation is 1. The van der Waals surface area contributed by atoms with Gasteiger partial charge in [0.1, 0.15) is 17.3 Å². The topological polar surface area (TPSA) is 114 Å². The number of aromatic nitrogens is 1. The molecule has 3 heterocycles. The van der Waals surface area contributed by atoms with E-state index in [1.54, 1.807) is 32.0 Å². The van der Waals surface area contributed by atoms with Gasteiger partial charge in [0.05, 0.1) is 38.8 Å². The van der Waals surface area contributed by atoms with Crippen molar-refractivity contribution in [3.63, 3.8) is 0 Å². The van der Waals surface area contributed by atoms with Gasteiger partial charge in [0.2, 0.25) is 0 Å². The fraction of sp³-hybridized carbons (Fsp3) is 0.366. The molecule has 1 saturated carbocycles. The highest BCUT2D eigenvalue weighted by Crippen LogP contribution is 2.37. The summed E-state index contributed by atoms with van der Waals surface area (Å²) in [6.07, 6.45) is 6.95. The quantitative estimate of drug-likeness (QED) is 0.182. The molecule has 1 aromatic heterocycles. The van der Waals surface area contributed by atoms with Gasteiger partial charge in [0, 0.05) is 67.0 Å². The first-order valence-corrected chi connectivity index (χ1v) is 17.7.